The molecule has 0 radical (unpaired) electrons. The lowest BCUT2D eigenvalue weighted by Gasteiger charge is -2.07. The van der Waals surface area contributed by atoms with Crippen molar-refractivity contribution in [3.05, 3.63) is 30.1 Å². The maximum atomic E-state index is 9.77. The smallest absolute Gasteiger partial charge is 0.335 e. The van der Waals surface area contributed by atoms with Crippen LogP contribution in [0.1, 0.15) is 18.7 Å². The highest BCUT2D eigenvalue weighted by Gasteiger charge is 2.29. The quantitative estimate of drug-likeness (QED) is 0.466. The van der Waals surface area contributed by atoms with Gasteiger partial charge in [0.25, 0.3) is 0 Å². The molecule has 0 saturated carbocycles. The molecule has 1 heterocycles. The van der Waals surface area contributed by atoms with E-state index in [1.165, 1.54) is 0 Å². The Balaban J connectivity index is 0.000000342. The Bertz CT molecular complexity index is 391. The highest BCUT2D eigenvalue weighted by molar-refractivity contribution is 5.83. The van der Waals surface area contributed by atoms with Gasteiger partial charge in [-0.1, -0.05) is 6.07 Å². The van der Waals surface area contributed by atoms with E-state index < -0.39 is 24.1 Å². The fraction of sp³-hybridized carbons (Fsp3) is 0.364. The molecular formula is C11H16N2O6. The molecule has 1 aromatic heterocycles. The number of nitrogens with zero attached hydrogens (tertiary/aromatic N) is 1. The van der Waals surface area contributed by atoms with Crippen molar-refractivity contribution in [2.24, 2.45) is 5.73 Å². The van der Waals surface area contributed by atoms with Gasteiger partial charge in [-0.3, -0.25) is 4.98 Å². The van der Waals surface area contributed by atoms with Gasteiger partial charge in [0.05, 0.1) is 5.69 Å². The number of pyridine rings is 1. The van der Waals surface area contributed by atoms with Crippen LogP contribution in [0.5, 0.6) is 0 Å². The molecule has 19 heavy (non-hydrogen) atoms. The monoisotopic (exact) mass is 272 g/mol. The topological polar surface area (TPSA) is 154 Å². The summed E-state index contributed by atoms with van der Waals surface area (Å²) in [4.78, 5) is 23.6. The van der Waals surface area contributed by atoms with Crippen LogP contribution in [0.25, 0.3) is 0 Å². The minimum absolute atomic E-state index is 0.0474. The van der Waals surface area contributed by atoms with E-state index in [0.717, 1.165) is 5.69 Å². The van der Waals surface area contributed by atoms with Crippen molar-refractivity contribution in [3.63, 3.8) is 0 Å². The van der Waals surface area contributed by atoms with Crippen LogP contribution in [0.3, 0.4) is 0 Å². The standard InChI is InChI=1S/C7H10N2.C4H6O6/c1-6(8)7-4-2-3-5-9-7;5-1(3(7)8)2(6)4(9)10/h2-6H,8H2,1H3;1-2,5-6H,(H,7,8)(H,9,10)/t6-;1-,2-/m11/s1. The number of carboxylic acid groups (broad SMARTS) is 2. The maximum absolute atomic E-state index is 9.77. The zero-order valence-corrected chi connectivity index (χ0v) is 10.2. The molecule has 0 aliphatic heterocycles. The van der Waals surface area contributed by atoms with Gasteiger partial charge in [-0.15, -0.1) is 0 Å². The zero-order valence-electron chi connectivity index (χ0n) is 10.2. The molecule has 0 amide bonds. The first-order chi connectivity index (χ1) is 8.77. The van der Waals surface area contributed by atoms with E-state index in [4.69, 9.17) is 26.2 Å². The van der Waals surface area contributed by atoms with Gasteiger partial charge in [0, 0.05) is 12.2 Å². The van der Waals surface area contributed by atoms with E-state index in [2.05, 4.69) is 4.98 Å². The van der Waals surface area contributed by atoms with Crippen molar-refractivity contribution in [2.75, 3.05) is 0 Å². The minimum Gasteiger partial charge on any atom is -0.479 e. The molecule has 6 N–H and O–H groups in total. The van der Waals surface area contributed by atoms with Gasteiger partial charge in [-0.2, -0.15) is 0 Å². The van der Waals surface area contributed by atoms with Gasteiger partial charge in [0.1, 0.15) is 0 Å². The van der Waals surface area contributed by atoms with Crippen LogP contribution in [-0.2, 0) is 9.59 Å². The summed E-state index contributed by atoms with van der Waals surface area (Å²) in [5.41, 5.74) is 6.49. The van der Waals surface area contributed by atoms with Crippen molar-refractivity contribution in [3.8, 4) is 0 Å². The molecule has 0 fully saturated rings. The first kappa shape index (κ1) is 17.0. The molecular weight excluding hydrogens is 256 g/mol. The molecule has 3 atom stereocenters. The number of rotatable bonds is 4. The number of carboxylic acids is 2. The Kier molecular flexibility index (Phi) is 7.27. The van der Waals surface area contributed by atoms with Gasteiger partial charge < -0.3 is 26.2 Å². The Labute approximate surface area is 109 Å². The normalized spacial score (nSPS) is 14.5. The number of aliphatic carboxylic acids is 2. The van der Waals surface area contributed by atoms with Crippen molar-refractivity contribution in [1.29, 1.82) is 0 Å². The number of carbonyl (C=O) groups is 2. The van der Waals surface area contributed by atoms with Crippen molar-refractivity contribution in [2.45, 2.75) is 25.2 Å². The lowest BCUT2D eigenvalue weighted by Crippen LogP contribution is -2.39. The number of hydrogen-bond donors (Lipinski definition) is 5. The number of nitrogens with two attached hydrogens (primary N) is 1. The summed E-state index contributed by atoms with van der Waals surface area (Å²) in [7, 11) is 0. The summed E-state index contributed by atoms with van der Waals surface area (Å²) in [6.07, 6.45) is -2.78. The minimum atomic E-state index is -2.27. The first-order valence-corrected chi connectivity index (χ1v) is 5.25. The third-order valence-corrected chi connectivity index (χ3v) is 1.96. The lowest BCUT2D eigenvalue weighted by molar-refractivity contribution is -0.165. The lowest BCUT2D eigenvalue weighted by atomic mass is 10.2. The van der Waals surface area contributed by atoms with Gasteiger partial charge in [0.15, 0.2) is 12.2 Å². The molecule has 0 aromatic carbocycles. The highest BCUT2D eigenvalue weighted by atomic mass is 16.4. The average molecular weight is 272 g/mol. The molecule has 0 aliphatic carbocycles. The molecule has 106 valence electrons. The van der Waals surface area contributed by atoms with Gasteiger partial charge >= 0.3 is 11.9 Å². The maximum Gasteiger partial charge on any atom is 0.335 e. The second-order valence-corrected chi connectivity index (χ2v) is 3.61. The molecule has 8 heteroatoms. The molecule has 8 nitrogen and oxygen atoms in total. The molecule has 0 unspecified atom stereocenters. The molecule has 0 saturated heterocycles. The Morgan fingerprint density at radius 1 is 1.16 bits per heavy atom. The largest absolute Gasteiger partial charge is 0.479 e. The first-order valence-electron chi connectivity index (χ1n) is 5.25. The summed E-state index contributed by atoms with van der Waals surface area (Å²) in [6.45, 7) is 1.92. The van der Waals surface area contributed by atoms with Crippen LogP contribution in [0.2, 0.25) is 0 Å². The second-order valence-electron chi connectivity index (χ2n) is 3.61. The fourth-order valence-corrected chi connectivity index (χ4v) is 0.915. The van der Waals surface area contributed by atoms with E-state index in [-0.39, 0.29) is 6.04 Å². The summed E-state index contributed by atoms with van der Waals surface area (Å²) in [5.74, 6) is -3.54. The SMILES string of the molecule is C[C@@H](N)c1ccccn1.O=C(O)[C@H](O)[C@@H](O)C(=O)O. The van der Waals surface area contributed by atoms with Gasteiger partial charge in [-0.25, -0.2) is 9.59 Å². The van der Waals surface area contributed by atoms with Crippen molar-refractivity contribution in [1.82, 2.24) is 4.98 Å². The van der Waals surface area contributed by atoms with Gasteiger partial charge in [0.2, 0.25) is 0 Å². The number of aliphatic hydroxyl groups is 2. The second kappa shape index (κ2) is 8.14. The molecule has 0 bridgehead atoms. The summed E-state index contributed by atoms with van der Waals surface area (Å²) in [5, 5.41) is 32.5. The van der Waals surface area contributed by atoms with Crippen LogP contribution in [0, 0.1) is 0 Å². The van der Waals surface area contributed by atoms with E-state index in [1.807, 2.05) is 25.1 Å². The number of hydrogen-bond acceptors (Lipinski definition) is 6. The fourth-order valence-electron chi connectivity index (χ4n) is 0.915. The number of aliphatic hydroxyl groups excluding tert-OH is 2. The van der Waals surface area contributed by atoms with E-state index in [0.29, 0.717) is 0 Å². The molecule has 0 spiro atoms. The Hall–Kier alpha value is -2.03. The third kappa shape index (κ3) is 6.46. The van der Waals surface area contributed by atoms with Crippen LogP contribution in [0.4, 0.5) is 0 Å². The number of aromatic nitrogens is 1. The molecule has 0 aliphatic rings. The van der Waals surface area contributed by atoms with Crippen LogP contribution in [-0.4, -0.2) is 49.6 Å². The predicted octanol–water partition coefficient (Wildman–Crippen LogP) is -1.02. The van der Waals surface area contributed by atoms with Crippen LogP contribution in [0.15, 0.2) is 24.4 Å². The Morgan fingerprint density at radius 2 is 1.63 bits per heavy atom. The van der Waals surface area contributed by atoms with E-state index in [9.17, 15) is 9.59 Å². The van der Waals surface area contributed by atoms with Crippen molar-refractivity contribution >= 4 is 11.9 Å². The van der Waals surface area contributed by atoms with E-state index >= 15 is 0 Å². The Morgan fingerprint density at radius 3 is 1.84 bits per heavy atom. The molecule has 1 aromatic rings. The van der Waals surface area contributed by atoms with Crippen LogP contribution >= 0.6 is 0 Å². The summed E-state index contributed by atoms with van der Waals surface area (Å²) < 4.78 is 0. The zero-order chi connectivity index (χ0) is 15.0. The van der Waals surface area contributed by atoms with Crippen molar-refractivity contribution < 1.29 is 30.0 Å². The van der Waals surface area contributed by atoms with E-state index in [1.54, 1.807) is 6.20 Å². The highest BCUT2D eigenvalue weighted by Crippen LogP contribution is 2.02. The van der Waals surface area contributed by atoms with Gasteiger partial charge in [-0.05, 0) is 19.1 Å². The average Bonchev–Trinajstić information content (AvgIpc) is 2.38. The summed E-state index contributed by atoms with van der Waals surface area (Å²) in [6, 6.07) is 5.79. The third-order valence-electron chi connectivity index (χ3n) is 1.96. The molecule has 1 rings (SSSR count). The predicted molar refractivity (Wildman–Crippen MR) is 64.1 cm³/mol. The van der Waals surface area contributed by atoms with Crippen LogP contribution < -0.4 is 5.73 Å². The summed E-state index contributed by atoms with van der Waals surface area (Å²) >= 11 is 0.